The number of hydrogen-bond donors (Lipinski definition) is 0. The molecule has 0 unspecified atom stereocenters. The van der Waals surface area contributed by atoms with E-state index in [1.807, 2.05) is 12.2 Å². The molecule has 0 saturated heterocycles. The summed E-state index contributed by atoms with van der Waals surface area (Å²) in [5.74, 6) is 0. The Morgan fingerprint density at radius 1 is 0.516 bits per heavy atom. The molecule has 2 aliphatic carbocycles. The summed E-state index contributed by atoms with van der Waals surface area (Å²) in [7, 11) is 0. The van der Waals surface area contributed by atoms with E-state index < -0.39 is 0 Å². The number of fused-ring (bicyclic) bond motifs is 5. The van der Waals surface area contributed by atoms with Crippen molar-refractivity contribution in [1.29, 1.82) is 0 Å². The Morgan fingerprint density at radius 3 is 1.52 bits per heavy atom. The fraction of sp³-hybridized carbons (Fsp3) is 0.169. The Hall–Kier alpha value is -4.91. The van der Waals surface area contributed by atoms with Crippen LogP contribution in [0, 0.1) is 12.1 Å². The van der Waals surface area contributed by atoms with Crippen LogP contribution in [0.3, 0.4) is 0 Å². The molecule has 0 spiro atoms. The molecule has 0 saturated carbocycles. The first-order valence-corrected chi connectivity index (χ1v) is 22.3. The summed E-state index contributed by atoms with van der Waals surface area (Å²) in [6.07, 6.45) is 10.9. The van der Waals surface area contributed by atoms with E-state index in [0.717, 1.165) is 12.8 Å². The predicted octanol–water partition coefficient (Wildman–Crippen LogP) is 16.2. The molecule has 3 heteroatoms. The van der Waals surface area contributed by atoms with Crippen LogP contribution in [0.25, 0.3) is 54.9 Å². The van der Waals surface area contributed by atoms with Gasteiger partial charge in [-0.25, -0.2) is 12.2 Å². The maximum absolute atomic E-state index is 3.88. The molecule has 0 bridgehead atoms. The van der Waals surface area contributed by atoms with Gasteiger partial charge >= 0.3 is 145 Å². The molecule has 0 heterocycles. The van der Waals surface area contributed by atoms with E-state index in [1.165, 1.54) is 116 Å². The van der Waals surface area contributed by atoms with Crippen LogP contribution in [-0.2, 0) is 41.5 Å². The van der Waals surface area contributed by atoms with Gasteiger partial charge in [0, 0.05) is 0 Å². The summed E-state index contributed by atoms with van der Waals surface area (Å²) in [4.78, 5) is 0. The third-order valence-electron chi connectivity index (χ3n) is 11.5. The summed E-state index contributed by atoms with van der Waals surface area (Å²) >= 11 is 1.44. The van der Waals surface area contributed by atoms with Crippen molar-refractivity contribution < 1.29 is 24.2 Å². The van der Waals surface area contributed by atoms with Crippen molar-refractivity contribution in [2.45, 2.75) is 65.2 Å². The van der Waals surface area contributed by atoms with Crippen molar-refractivity contribution in [2.75, 3.05) is 0 Å². The monoisotopic (exact) mass is 922 g/mol. The van der Waals surface area contributed by atoms with E-state index in [-0.39, 0.29) is 35.6 Å². The first-order valence-electron chi connectivity index (χ1n) is 21.1. The van der Waals surface area contributed by atoms with Crippen LogP contribution in [0.15, 0.2) is 182 Å². The Balaban J connectivity index is 0.000000190. The van der Waals surface area contributed by atoms with Crippen LogP contribution in [0.1, 0.15) is 81.3 Å². The van der Waals surface area contributed by atoms with Crippen LogP contribution in [-0.4, -0.2) is 3.21 Å². The molecule has 2 aliphatic rings. The summed E-state index contributed by atoms with van der Waals surface area (Å²) in [5, 5.41) is 5.29. The zero-order valence-corrected chi connectivity index (χ0v) is 40.6. The fourth-order valence-electron chi connectivity index (χ4n) is 8.47. The normalized spacial score (nSPS) is 12.3. The number of rotatable bonds is 4. The topological polar surface area (TPSA) is 0 Å². The summed E-state index contributed by atoms with van der Waals surface area (Å²) < 4.78 is 1.42. The summed E-state index contributed by atoms with van der Waals surface area (Å²) in [6, 6.07) is 63.3. The minimum absolute atomic E-state index is 0. The van der Waals surface area contributed by atoms with E-state index in [0.29, 0.717) is 0 Å². The summed E-state index contributed by atoms with van der Waals surface area (Å²) in [6.45, 7) is 13.9. The van der Waals surface area contributed by atoms with Crippen molar-refractivity contribution in [2.24, 2.45) is 0 Å². The maximum atomic E-state index is 3.88. The first kappa shape index (κ1) is 46.6. The molecule has 0 amide bonds. The molecule has 0 aromatic heterocycles. The standard InChI is InChI=1S/C33H33.C21H14.C5H5.2ClH.Zr/c1-32(2,3)30-20-26-24(18-28(30)22-13-9-7-10-14-22)17-25-19-29(23-15-11-8-12-16-23)31(21-27(25)26)33(4,5)6;1-3-13-20-16(7-1)9-5-11-18(20)15-19-12-6-10-17-8-2-4-14-21(17)19;1-2-4-5-3-1;;;/h7-16,18,20-21H,17H2,1-6H3;1-14H;1-3H,4H2;2*1H;/q-1;;-1;;;+2. The van der Waals surface area contributed by atoms with Gasteiger partial charge in [0.25, 0.3) is 0 Å². The van der Waals surface area contributed by atoms with Gasteiger partial charge < -0.3 is 0 Å². The van der Waals surface area contributed by atoms with E-state index in [1.54, 1.807) is 0 Å². The van der Waals surface area contributed by atoms with Gasteiger partial charge in [-0.05, 0) is 39.5 Å². The SMILES string of the molecule is CC(C)(C)c1cc2c([c-]c1-c1ccccc1)Cc1cc(-c3ccccc3)c(C(C)(C)C)cc1-2.Cl.Cl.[C-]1=CC=CC1.[Zr+2]=[C](c1cccc2ccccc12)c1cccc2ccccc12. The average molecular weight is 925 g/mol. The first-order chi connectivity index (χ1) is 29.0. The van der Waals surface area contributed by atoms with Crippen molar-refractivity contribution in [1.82, 2.24) is 0 Å². The second-order valence-corrected chi connectivity index (χ2v) is 19.1. The van der Waals surface area contributed by atoms with Crippen LogP contribution >= 0.6 is 24.8 Å². The second kappa shape index (κ2) is 20.1. The molecule has 0 nitrogen and oxygen atoms in total. The van der Waals surface area contributed by atoms with Crippen molar-refractivity contribution in [3.63, 3.8) is 0 Å². The Labute approximate surface area is 397 Å². The molecule has 0 aliphatic heterocycles. The van der Waals surface area contributed by atoms with Gasteiger partial charge in [-0.1, -0.05) is 131 Å². The van der Waals surface area contributed by atoms with Crippen molar-refractivity contribution in [3.8, 4) is 33.4 Å². The van der Waals surface area contributed by atoms with Crippen molar-refractivity contribution in [3.05, 3.63) is 228 Å². The third-order valence-corrected chi connectivity index (χ3v) is 12.9. The number of hydrogen-bond acceptors (Lipinski definition) is 0. The van der Waals surface area contributed by atoms with Gasteiger partial charge in [0.1, 0.15) is 0 Å². The van der Waals surface area contributed by atoms with Crippen molar-refractivity contribution >= 4 is 49.6 Å². The van der Waals surface area contributed by atoms with Crippen LogP contribution in [0.5, 0.6) is 0 Å². The molecule has 10 rings (SSSR count). The van der Waals surface area contributed by atoms with Crippen LogP contribution in [0.4, 0.5) is 0 Å². The van der Waals surface area contributed by atoms with Gasteiger partial charge in [0.15, 0.2) is 0 Å². The molecular weight excluding hydrogens is 871 g/mol. The Bertz CT molecular complexity index is 2680. The molecule has 308 valence electrons. The number of benzene rings is 8. The third kappa shape index (κ3) is 10.1. The van der Waals surface area contributed by atoms with Gasteiger partial charge in [-0.3, -0.25) is 6.08 Å². The molecule has 0 fully saturated rings. The van der Waals surface area contributed by atoms with E-state index in [2.05, 4.69) is 224 Å². The van der Waals surface area contributed by atoms with Crippen LogP contribution < -0.4 is 0 Å². The minimum atomic E-state index is 0. The quantitative estimate of drug-likeness (QED) is 0.154. The molecule has 0 atom stereocenters. The molecule has 8 aromatic rings. The Morgan fingerprint density at radius 2 is 1.02 bits per heavy atom. The van der Waals surface area contributed by atoms with Crippen LogP contribution in [0.2, 0.25) is 0 Å². The van der Waals surface area contributed by atoms with E-state index in [4.69, 9.17) is 0 Å². The van der Waals surface area contributed by atoms with E-state index >= 15 is 0 Å². The van der Waals surface area contributed by atoms with Gasteiger partial charge in [-0.2, -0.15) is 6.08 Å². The van der Waals surface area contributed by atoms with Gasteiger partial charge in [-0.15, -0.1) is 60.1 Å². The predicted molar refractivity (Wildman–Crippen MR) is 269 cm³/mol. The molecule has 8 aromatic carbocycles. The molecule has 0 N–H and O–H groups in total. The zero-order chi connectivity index (χ0) is 41.9. The van der Waals surface area contributed by atoms with E-state index in [9.17, 15) is 0 Å². The average Bonchev–Trinajstić information content (AvgIpc) is 3.97. The fourth-order valence-corrected chi connectivity index (χ4v) is 9.55. The number of halogens is 2. The number of allylic oxidation sites excluding steroid dienone is 4. The van der Waals surface area contributed by atoms with Gasteiger partial charge in [0.05, 0.1) is 0 Å². The zero-order valence-electron chi connectivity index (χ0n) is 36.6. The molecular formula is C59H54Cl2Zr. The molecule has 62 heavy (non-hydrogen) atoms. The van der Waals surface area contributed by atoms with Gasteiger partial charge in [0.2, 0.25) is 0 Å². The second-order valence-electron chi connectivity index (χ2n) is 17.8. The Kier molecular flexibility index (Phi) is 15.1. The molecule has 0 radical (unpaired) electrons. The summed E-state index contributed by atoms with van der Waals surface area (Å²) in [5.41, 5.74) is 16.2.